The van der Waals surface area contributed by atoms with Crippen molar-refractivity contribution in [3.8, 4) is 0 Å². The van der Waals surface area contributed by atoms with Crippen LogP contribution in [-0.2, 0) is 17.6 Å². The smallest absolute Gasteiger partial charge is 0.260 e. The van der Waals surface area contributed by atoms with Gasteiger partial charge in [-0.2, -0.15) is 0 Å². The zero-order valence-electron chi connectivity index (χ0n) is 16.8. The van der Waals surface area contributed by atoms with E-state index in [4.69, 9.17) is 0 Å². The minimum atomic E-state index is -0.201. The summed E-state index contributed by atoms with van der Waals surface area (Å²) >= 11 is 4.17. The van der Waals surface area contributed by atoms with Gasteiger partial charge in [-0.15, -0.1) is 21.5 Å². The van der Waals surface area contributed by atoms with E-state index in [1.54, 1.807) is 11.3 Å². The van der Waals surface area contributed by atoms with Crippen molar-refractivity contribution >= 4 is 55.7 Å². The van der Waals surface area contributed by atoms with Crippen LogP contribution in [0.3, 0.4) is 0 Å². The zero-order valence-corrected chi connectivity index (χ0v) is 19.2. The Morgan fingerprint density at radius 2 is 2.10 bits per heavy atom. The Labute approximate surface area is 180 Å². The van der Waals surface area contributed by atoms with Gasteiger partial charge in [0.2, 0.25) is 11.0 Å². The number of rotatable bonds is 4. The van der Waals surface area contributed by atoms with Crippen LogP contribution in [0.4, 0.5) is 5.13 Å². The molecule has 154 valence electrons. The predicted molar refractivity (Wildman–Crippen MR) is 119 cm³/mol. The molecule has 0 radical (unpaired) electrons. The fourth-order valence-electron chi connectivity index (χ4n) is 3.61. The summed E-state index contributed by atoms with van der Waals surface area (Å²) in [7, 11) is 0. The molecule has 0 saturated carbocycles. The van der Waals surface area contributed by atoms with Gasteiger partial charge in [0.05, 0.1) is 11.1 Å². The van der Waals surface area contributed by atoms with Gasteiger partial charge >= 0.3 is 0 Å². The summed E-state index contributed by atoms with van der Waals surface area (Å²) in [4.78, 5) is 34.4. The maximum absolute atomic E-state index is 12.7. The van der Waals surface area contributed by atoms with E-state index in [0.717, 1.165) is 34.5 Å². The first-order chi connectivity index (χ1) is 13.7. The maximum atomic E-state index is 12.7. The second-order valence-corrected chi connectivity index (χ2v) is 11.6. The Bertz CT molecular complexity index is 1130. The van der Waals surface area contributed by atoms with Gasteiger partial charge in [0.15, 0.2) is 5.16 Å². The number of H-pyrrole nitrogens is 1. The molecule has 0 spiro atoms. The molecule has 4 rings (SSSR count). The number of anilines is 1. The molecule has 1 amide bonds. The maximum Gasteiger partial charge on any atom is 0.260 e. The van der Waals surface area contributed by atoms with Gasteiger partial charge in [0.25, 0.3) is 5.56 Å². The van der Waals surface area contributed by atoms with E-state index in [2.05, 4.69) is 46.3 Å². The fourth-order valence-corrected chi connectivity index (χ4v) is 6.23. The third kappa shape index (κ3) is 4.39. The van der Waals surface area contributed by atoms with Crippen LogP contribution < -0.4 is 10.9 Å². The lowest BCUT2D eigenvalue weighted by molar-refractivity contribution is -0.113. The van der Waals surface area contributed by atoms with Gasteiger partial charge in [0.1, 0.15) is 9.84 Å². The zero-order chi connectivity index (χ0) is 20.8. The molecule has 0 unspecified atom stereocenters. The summed E-state index contributed by atoms with van der Waals surface area (Å²) in [6, 6.07) is 0. The first-order valence-electron chi connectivity index (χ1n) is 9.48. The fraction of sp³-hybridized carbons (Fsp3) is 0.526. The average molecular weight is 450 g/mol. The van der Waals surface area contributed by atoms with E-state index in [1.807, 2.05) is 6.92 Å². The number of nitrogens with one attached hydrogen (secondary N) is 2. The molecule has 7 nitrogen and oxygen atoms in total. The number of fused-ring (bicyclic) bond motifs is 3. The van der Waals surface area contributed by atoms with E-state index in [0.29, 0.717) is 16.2 Å². The van der Waals surface area contributed by atoms with Crippen LogP contribution in [-0.4, -0.2) is 31.8 Å². The molecule has 29 heavy (non-hydrogen) atoms. The topological polar surface area (TPSA) is 101 Å². The van der Waals surface area contributed by atoms with Crippen molar-refractivity contribution in [1.29, 1.82) is 0 Å². The third-order valence-corrected chi connectivity index (χ3v) is 8.01. The van der Waals surface area contributed by atoms with Crippen LogP contribution in [0.15, 0.2) is 9.95 Å². The number of carbonyl (C=O) groups excluding carboxylic acids is 1. The van der Waals surface area contributed by atoms with Gasteiger partial charge in [-0.05, 0) is 43.1 Å². The Morgan fingerprint density at radius 1 is 1.31 bits per heavy atom. The van der Waals surface area contributed by atoms with E-state index >= 15 is 0 Å². The standard InChI is InChI=1S/C19H23N5O2S3/c1-9-23-24-18(28-9)20-13(25)8-27-17-21-15(26)14-11-6-5-10(19(2,3)4)7-12(11)29-16(14)22-17/h10H,5-8H2,1-4H3,(H,20,24,25)(H,21,22,26)/t10-/m1/s1. The molecular weight excluding hydrogens is 426 g/mol. The predicted octanol–water partition coefficient (Wildman–Crippen LogP) is 4.03. The van der Waals surface area contributed by atoms with Crippen LogP contribution in [0.1, 0.15) is 42.6 Å². The minimum Gasteiger partial charge on any atom is -0.301 e. The summed E-state index contributed by atoms with van der Waals surface area (Å²) < 4.78 is 0. The number of hydrogen-bond acceptors (Lipinski definition) is 8. The minimum absolute atomic E-state index is 0.107. The number of aromatic amines is 1. The highest BCUT2D eigenvalue weighted by molar-refractivity contribution is 7.99. The highest BCUT2D eigenvalue weighted by Crippen LogP contribution is 2.42. The summed E-state index contributed by atoms with van der Waals surface area (Å²) in [5.74, 6) is 0.556. The number of thioether (sulfide) groups is 1. The van der Waals surface area contributed by atoms with Crippen LogP contribution in [0.25, 0.3) is 10.2 Å². The second kappa shape index (κ2) is 7.81. The summed E-state index contributed by atoms with van der Waals surface area (Å²) in [6.07, 6.45) is 3.03. The van der Waals surface area contributed by atoms with Crippen molar-refractivity contribution in [3.05, 3.63) is 25.8 Å². The van der Waals surface area contributed by atoms with Crippen LogP contribution in [0, 0.1) is 18.3 Å². The number of carbonyl (C=O) groups is 1. The van der Waals surface area contributed by atoms with Gasteiger partial charge in [-0.1, -0.05) is 43.9 Å². The molecule has 0 saturated heterocycles. The second-order valence-electron chi connectivity index (χ2n) is 8.32. The molecule has 10 heteroatoms. The lowest BCUT2D eigenvalue weighted by Crippen LogP contribution is -2.26. The van der Waals surface area contributed by atoms with Crippen molar-refractivity contribution in [2.45, 2.75) is 52.1 Å². The van der Waals surface area contributed by atoms with Crippen molar-refractivity contribution < 1.29 is 4.79 Å². The Balaban J connectivity index is 1.51. The lowest BCUT2D eigenvalue weighted by Gasteiger charge is -2.33. The van der Waals surface area contributed by atoms with Crippen LogP contribution in [0.5, 0.6) is 0 Å². The number of thiophene rings is 1. The average Bonchev–Trinajstić information content (AvgIpc) is 3.21. The molecule has 1 atom stereocenters. The highest BCUT2D eigenvalue weighted by Gasteiger charge is 2.31. The molecule has 0 fully saturated rings. The molecule has 3 heterocycles. The van der Waals surface area contributed by atoms with E-state index < -0.39 is 0 Å². The van der Waals surface area contributed by atoms with Crippen LogP contribution in [0.2, 0.25) is 0 Å². The summed E-state index contributed by atoms with van der Waals surface area (Å²) in [5, 5.41) is 12.9. The quantitative estimate of drug-likeness (QED) is 0.461. The Kier molecular flexibility index (Phi) is 5.52. The first-order valence-corrected chi connectivity index (χ1v) is 12.1. The van der Waals surface area contributed by atoms with Gasteiger partial charge < -0.3 is 4.98 Å². The summed E-state index contributed by atoms with van der Waals surface area (Å²) in [6.45, 7) is 8.67. The normalized spacial score (nSPS) is 16.8. The van der Waals surface area contributed by atoms with Gasteiger partial charge in [-0.25, -0.2) is 4.98 Å². The van der Waals surface area contributed by atoms with E-state index in [1.165, 1.54) is 33.5 Å². The van der Waals surface area contributed by atoms with Crippen molar-refractivity contribution in [2.75, 3.05) is 11.1 Å². The molecule has 0 aliphatic heterocycles. The lowest BCUT2D eigenvalue weighted by atomic mass is 9.72. The number of aromatic nitrogens is 4. The third-order valence-electron chi connectivity index (χ3n) is 5.23. The van der Waals surface area contributed by atoms with Gasteiger partial charge in [0, 0.05) is 4.88 Å². The molecule has 1 aliphatic carbocycles. The van der Waals surface area contributed by atoms with Crippen LogP contribution >= 0.6 is 34.4 Å². The SMILES string of the molecule is Cc1nnc(NC(=O)CSc2nc3sc4c(c3c(=O)[nH]2)CC[C@@H](C(C)(C)C)C4)s1. The van der Waals surface area contributed by atoms with E-state index in [9.17, 15) is 9.59 Å². The largest absolute Gasteiger partial charge is 0.301 e. The van der Waals surface area contributed by atoms with E-state index in [-0.39, 0.29) is 22.6 Å². The molecule has 2 N–H and O–H groups in total. The molecule has 0 bridgehead atoms. The van der Waals surface area contributed by atoms with Crippen molar-refractivity contribution in [2.24, 2.45) is 11.3 Å². The monoisotopic (exact) mass is 449 g/mol. The first kappa shape index (κ1) is 20.5. The van der Waals surface area contributed by atoms with Crippen molar-refractivity contribution in [3.63, 3.8) is 0 Å². The molecule has 3 aromatic heterocycles. The Hall–Kier alpha value is -1.78. The van der Waals surface area contributed by atoms with Gasteiger partial charge in [-0.3, -0.25) is 14.9 Å². The molecular formula is C19H23N5O2S3. The number of amides is 1. The highest BCUT2D eigenvalue weighted by atomic mass is 32.2. The number of hydrogen-bond donors (Lipinski definition) is 2. The number of aryl methyl sites for hydroxylation is 2. The number of nitrogens with zero attached hydrogens (tertiary/aromatic N) is 3. The molecule has 1 aliphatic rings. The molecule has 3 aromatic rings. The summed E-state index contributed by atoms with van der Waals surface area (Å²) in [5.41, 5.74) is 1.32. The molecule has 0 aromatic carbocycles. The van der Waals surface area contributed by atoms with Crippen molar-refractivity contribution in [1.82, 2.24) is 20.2 Å². The Morgan fingerprint density at radius 3 is 2.79 bits per heavy atom.